The molecule has 1 amide bonds. The number of hydrogen-bond acceptors (Lipinski definition) is 3. The molecule has 2 rings (SSSR count). The van der Waals surface area contributed by atoms with Crippen molar-refractivity contribution in [2.24, 2.45) is 0 Å². The number of amides is 1. The van der Waals surface area contributed by atoms with Crippen molar-refractivity contribution in [3.63, 3.8) is 0 Å². The third-order valence-electron chi connectivity index (χ3n) is 3.35. The summed E-state index contributed by atoms with van der Waals surface area (Å²) in [5.74, 6) is 0. The topological polar surface area (TPSA) is 83.5 Å². The molecule has 0 aliphatic heterocycles. The molecule has 0 spiro atoms. The summed E-state index contributed by atoms with van der Waals surface area (Å²) in [6.07, 6.45) is -5.75. The summed E-state index contributed by atoms with van der Waals surface area (Å²) in [6, 6.07) is 3.08. The summed E-state index contributed by atoms with van der Waals surface area (Å²) in [4.78, 5) is 10.0. The monoisotopic (exact) mass is 323 g/mol. The molecule has 116 valence electrons. The van der Waals surface area contributed by atoms with Crippen molar-refractivity contribution < 1.29 is 31.5 Å². The first-order valence-corrected chi connectivity index (χ1v) is 7.56. The lowest BCUT2D eigenvalue weighted by Crippen LogP contribution is -2.49. The Morgan fingerprint density at radius 1 is 1.29 bits per heavy atom. The Hall–Kier alpha value is -1.77. The number of benzene rings is 1. The highest BCUT2D eigenvalue weighted by Crippen LogP contribution is 2.35. The van der Waals surface area contributed by atoms with Gasteiger partial charge in [-0.05, 0) is 31.0 Å². The lowest BCUT2D eigenvalue weighted by molar-refractivity contribution is -0.137. The standard InChI is InChI=1S/C12H12F3NO4S/c13-12(14,15)7-2-1-3-9(4-7)21(19,20)10-5-8(6-10)16-11(17)18/h1-4,8,10,16H,5-6H2,(H,17,18)/t8-,10-. The maximum absolute atomic E-state index is 12.6. The number of nitrogens with one attached hydrogen (secondary N) is 1. The third kappa shape index (κ3) is 3.29. The zero-order valence-electron chi connectivity index (χ0n) is 10.6. The van der Waals surface area contributed by atoms with Crippen LogP contribution in [0.2, 0.25) is 0 Å². The maximum Gasteiger partial charge on any atom is 0.416 e. The van der Waals surface area contributed by atoms with Crippen LogP contribution in [0, 0.1) is 0 Å². The van der Waals surface area contributed by atoms with Crippen molar-refractivity contribution in [1.29, 1.82) is 0 Å². The normalized spacial score (nSPS) is 22.4. The van der Waals surface area contributed by atoms with Crippen LogP contribution in [0.5, 0.6) is 0 Å². The summed E-state index contributed by atoms with van der Waals surface area (Å²) in [6.45, 7) is 0. The second-order valence-corrected chi connectivity index (χ2v) is 7.04. The van der Waals surface area contributed by atoms with Gasteiger partial charge in [-0.1, -0.05) is 6.07 Å². The molecule has 1 fully saturated rings. The SMILES string of the molecule is O=C(O)N[C@H]1C[C@H](S(=O)(=O)c2cccc(C(F)(F)F)c2)C1. The van der Waals surface area contributed by atoms with E-state index in [0.717, 1.165) is 18.2 Å². The van der Waals surface area contributed by atoms with Crippen LogP contribution in [0.15, 0.2) is 29.2 Å². The van der Waals surface area contributed by atoms with E-state index in [1.807, 2.05) is 0 Å². The fraction of sp³-hybridized carbons (Fsp3) is 0.417. The van der Waals surface area contributed by atoms with Gasteiger partial charge in [-0.2, -0.15) is 13.2 Å². The molecular formula is C12H12F3NO4S. The van der Waals surface area contributed by atoms with E-state index in [2.05, 4.69) is 5.32 Å². The minimum atomic E-state index is -4.61. The van der Waals surface area contributed by atoms with Crippen LogP contribution in [0.1, 0.15) is 18.4 Å². The molecule has 1 aliphatic rings. The summed E-state index contributed by atoms with van der Waals surface area (Å²) in [5.41, 5.74) is -1.02. The Morgan fingerprint density at radius 3 is 2.43 bits per heavy atom. The van der Waals surface area contributed by atoms with Crippen LogP contribution in [0.4, 0.5) is 18.0 Å². The van der Waals surface area contributed by atoms with Gasteiger partial charge >= 0.3 is 12.3 Å². The highest BCUT2D eigenvalue weighted by Gasteiger charge is 2.41. The van der Waals surface area contributed by atoms with Crippen molar-refractivity contribution in [3.05, 3.63) is 29.8 Å². The molecule has 21 heavy (non-hydrogen) atoms. The Morgan fingerprint density at radius 2 is 1.90 bits per heavy atom. The zero-order valence-corrected chi connectivity index (χ0v) is 11.4. The highest BCUT2D eigenvalue weighted by molar-refractivity contribution is 7.92. The fourth-order valence-electron chi connectivity index (χ4n) is 2.15. The minimum Gasteiger partial charge on any atom is -0.465 e. The minimum absolute atomic E-state index is 0.0604. The van der Waals surface area contributed by atoms with Gasteiger partial charge in [0.25, 0.3) is 0 Å². The Kier molecular flexibility index (Phi) is 3.87. The van der Waals surface area contributed by atoms with Crippen LogP contribution in [0.25, 0.3) is 0 Å². The van der Waals surface area contributed by atoms with Crippen LogP contribution in [-0.4, -0.2) is 30.9 Å². The quantitative estimate of drug-likeness (QED) is 0.894. The van der Waals surface area contributed by atoms with Crippen molar-refractivity contribution in [3.8, 4) is 0 Å². The molecule has 2 N–H and O–H groups in total. The van der Waals surface area contributed by atoms with Crippen molar-refractivity contribution in [1.82, 2.24) is 5.32 Å². The van der Waals surface area contributed by atoms with Gasteiger partial charge in [0.2, 0.25) is 0 Å². The molecule has 0 aromatic heterocycles. The van der Waals surface area contributed by atoms with Crippen LogP contribution in [-0.2, 0) is 16.0 Å². The Bertz CT molecular complexity index is 651. The average molecular weight is 323 g/mol. The van der Waals surface area contributed by atoms with E-state index in [1.165, 1.54) is 0 Å². The number of hydrogen-bond donors (Lipinski definition) is 2. The molecular weight excluding hydrogens is 311 g/mol. The summed E-state index contributed by atoms with van der Waals surface area (Å²) < 4.78 is 62.1. The average Bonchev–Trinajstić information content (AvgIpc) is 2.32. The van der Waals surface area contributed by atoms with Gasteiger partial charge in [-0.15, -0.1) is 0 Å². The molecule has 0 atom stereocenters. The first-order chi connectivity index (χ1) is 9.60. The molecule has 1 aromatic carbocycles. The van der Waals surface area contributed by atoms with E-state index in [4.69, 9.17) is 5.11 Å². The van der Waals surface area contributed by atoms with Gasteiger partial charge in [-0.25, -0.2) is 13.2 Å². The molecule has 0 heterocycles. The number of alkyl halides is 3. The van der Waals surface area contributed by atoms with Gasteiger partial charge in [0.05, 0.1) is 15.7 Å². The van der Waals surface area contributed by atoms with E-state index in [9.17, 15) is 26.4 Å². The maximum atomic E-state index is 12.6. The molecule has 0 radical (unpaired) electrons. The summed E-state index contributed by atoms with van der Waals surface area (Å²) >= 11 is 0. The number of sulfone groups is 1. The fourth-order valence-corrected chi connectivity index (χ4v) is 4.07. The van der Waals surface area contributed by atoms with E-state index < -0.39 is 43.9 Å². The second-order valence-electron chi connectivity index (χ2n) is 4.81. The molecule has 1 saturated carbocycles. The second kappa shape index (κ2) is 5.21. The molecule has 1 aromatic rings. The van der Waals surface area contributed by atoms with Crippen LogP contribution < -0.4 is 5.32 Å². The smallest absolute Gasteiger partial charge is 0.416 e. The number of carbonyl (C=O) groups is 1. The van der Waals surface area contributed by atoms with Gasteiger partial charge in [0.15, 0.2) is 9.84 Å². The van der Waals surface area contributed by atoms with Gasteiger partial charge in [0, 0.05) is 6.04 Å². The number of carboxylic acid groups (broad SMARTS) is 1. The first kappa shape index (κ1) is 15.6. The molecule has 0 saturated heterocycles. The van der Waals surface area contributed by atoms with Crippen molar-refractivity contribution in [2.75, 3.05) is 0 Å². The van der Waals surface area contributed by atoms with E-state index in [-0.39, 0.29) is 12.8 Å². The molecule has 0 unspecified atom stereocenters. The van der Waals surface area contributed by atoms with Crippen molar-refractivity contribution in [2.45, 2.75) is 35.2 Å². The molecule has 0 bridgehead atoms. The van der Waals surface area contributed by atoms with Gasteiger partial charge < -0.3 is 10.4 Å². The Labute approximate surface area is 118 Å². The number of rotatable bonds is 3. The van der Waals surface area contributed by atoms with E-state index in [0.29, 0.717) is 6.07 Å². The van der Waals surface area contributed by atoms with E-state index in [1.54, 1.807) is 0 Å². The van der Waals surface area contributed by atoms with E-state index >= 15 is 0 Å². The lowest BCUT2D eigenvalue weighted by atomic mass is 9.92. The first-order valence-electron chi connectivity index (χ1n) is 6.01. The molecule has 9 heteroatoms. The summed E-state index contributed by atoms with van der Waals surface area (Å²) in [7, 11) is -3.89. The lowest BCUT2D eigenvalue weighted by Gasteiger charge is -2.34. The van der Waals surface area contributed by atoms with Crippen LogP contribution >= 0.6 is 0 Å². The predicted molar refractivity (Wildman–Crippen MR) is 66.6 cm³/mol. The highest BCUT2D eigenvalue weighted by atomic mass is 32.2. The molecule has 1 aliphatic carbocycles. The Balaban J connectivity index is 2.17. The van der Waals surface area contributed by atoms with Gasteiger partial charge in [0.1, 0.15) is 0 Å². The number of halogens is 3. The van der Waals surface area contributed by atoms with Crippen LogP contribution in [0.3, 0.4) is 0 Å². The molecule has 5 nitrogen and oxygen atoms in total. The van der Waals surface area contributed by atoms with Crippen molar-refractivity contribution >= 4 is 15.9 Å². The zero-order chi connectivity index (χ0) is 15.8. The third-order valence-corrected chi connectivity index (χ3v) is 5.52. The van der Waals surface area contributed by atoms with Gasteiger partial charge in [-0.3, -0.25) is 0 Å². The summed E-state index contributed by atoms with van der Waals surface area (Å²) in [5, 5.41) is 9.77. The predicted octanol–water partition coefficient (Wildman–Crippen LogP) is 2.28. The largest absolute Gasteiger partial charge is 0.465 e.